The molecule has 1 aliphatic heterocycles. The number of hydrogen-bond donors (Lipinski definition) is 0. The molecule has 120 valence electrons. The summed E-state index contributed by atoms with van der Waals surface area (Å²) < 4.78 is 22.3. The Kier molecular flexibility index (Phi) is 4.24. The van der Waals surface area contributed by atoms with Crippen LogP contribution in [0.4, 0.5) is 5.69 Å². The van der Waals surface area contributed by atoms with Crippen molar-refractivity contribution in [1.82, 2.24) is 0 Å². The number of ether oxygens (including phenoxy) is 4. The normalized spacial score (nSPS) is 12.1. The topological polar surface area (TPSA) is 80.1 Å². The molecule has 1 heterocycles. The molecule has 0 radical (unpaired) electrons. The second kappa shape index (κ2) is 6.33. The summed E-state index contributed by atoms with van der Waals surface area (Å²) >= 11 is 3.44. The van der Waals surface area contributed by atoms with Gasteiger partial charge in [-0.1, -0.05) is 15.9 Å². The summed E-state index contributed by atoms with van der Waals surface area (Å²) in [6.07, 6.45) is 0. The van der Waals surface area contributed by atoms with E-state index in [0.717, 1.165) is 10.0 Å². The van der Waals surface area contributed by atoms with Gasteiger partial charge < -0.3 is 18.9 Å². The first kappa shape index (κ1) is 15.4. The van der Waals surface area contributed by atoms with Crippen LogP contribution < -0.4 is 18.9 Å². The lowest BCUT2D eigenvalue weighted by molar-refractivity contribution is -0.385. The lowest BCUT2D eigenvalue weighted by Crippen LogP contribution is -2.00. The van der Waals surface area contributed by atoms with E-state index in [2.05, 4.69) is 15.9 Å². The Morgan fingerprint density at radius 1 is 1.22 bits per heavy atom. The maximum atomic E-state index is 10.9. The molecule has 0 saturated carbocycles. The molecular formula is C15H12BrNO6. The largest absolute Gasteiger partial charge is 0.493 e. The molecule has 0 amide bonds. The summed E-state index contributed by atoms with van der Waals surface area (Å²) in [6.45, 7) is 0.375. The number of nitro benzene ring substituents is 1. The van der Waals surface area contributed by atoms with Crippen molar-refractivity contribution in [3.05, 3.63) is 50.5 Å². The maximum Gasteiger partial charge on any atom is 0.273 e. The summed E-state index contributed by atoms with van der Waals surface area (Å²) in [7, 11) is 1.48. The number of fused-ring (bicyclic) bond motifs is 1. The van der Waals surface area contributed by atoms with Crippen molar-refractivity contribution >= 4 is 21.6 Å². The second-order valence-electron chi connectivity index (χ2n) is 4.68. The first-order valence-corrected chi connectivity index (χ1v) is 7.41. The van der Waals surface area contributed by atoms with Gasteiger partial charge in [-0.3, -0.25) is 10.1 Å². The van der Waals surface area contributed by atoms with Crippen LogP contribution in [0.25, 0.3) is 0 Å². The number of hydrogen-bond acceptors (Lipinski definition) is 6. The first-order chi connectivity index (χ1) is 11.1. The Hall–Kier alpha value is -2.48. The van der Waals surface area contributed by atoms with Crippen LogP contribution in [0.2, 0.25) is 0 Å². The molecule has 0 spiro atoms. The molecular weight excluding hydrogens is 370 g/mol. The highest BCUT2D eigenvalue weighted by atomic mass is 79.9. The predicted octanol–water partition coefficient (Wildman–Crippen LogP) is 3.67. The molecule has 0 unspecified atom stereocenters. The van der Waals surface area contributed by atoms with E-state index >= 15 is 0 Å². The van der Waals surface area contributed by atoms with Gasteiger partial charge in [0.05, 0.1) is 18.1 Å². The zero-order chi connectivity index (χ0) is 16.4. The predicted molar refractivity (Wildman–Crippen MR) is 84.2 cm³/mol. The van der Waals surface area contributed by atoms with E-state index in [-0.39, 0.29) is 19.1 Å². The molecule has 3 rings (SSSR count). The Morgan fingerprint density at radius 3 is 2.65 bits per heavy atom. The number of halogens is 1. The van der Waals surface area contributed by atoms with Crippen LogP contribution in [0.3, 0.4) is 0 Å². The minimum absolute atomic E-state index is 0.0643. The van der Waals surface area contributed by atoms with Crippen LogP contribution in [-0.2, 0) is 6.61 Å². The molecule has 0 fully saturated rings. The molecule has 0 saturated heterocycles. The van der Waals surface area contributed by atoms with Gasteiger partial charge in [-0.15, -0.1) is 0 Å². The lowest BCUT2D eigenvalue weighted by atomic mass is 10.2. The van der Waals surface area contributed by atoms with Crippen LogP contribution in [0, 0.1) is 10.1 Å². The molecule has 0 atom stereocenters. The number of methoxy groups -OCH3 is 1. The van der Waals surface area contributed by atoms with Crippen LogP contribution >= 0.6 is 15.9 Å². The fraction of sp³-hybridized carbons (Fsp3) is 0.200. The van der Waals surface area contributed by atoms with Crippen molar-refractivity contribution in [3.63, 3.8) is 0 Å². The molecule has 7 nitrogen and oxygen atoms in total. The fourth-order valence-electron chi connectivity index (χ4n) is 2.12. The van der Waals surface area contributed by atoms with E-state index in [1.54, 1.807) is 12.1 Å². The highest BCUT2D eigenvalue weighted by Crippen LogP contribution is 2.38. The molecule has 0 aromatic heterocycles. The van der Waals surface area contributed by atoms with Gasteiger partial charge in [-0.25, -0.2) is 0 Å². The van der Waals surface area contributed by atoms with Crippen LogP contribution in [0.5, 0.6) is 23.0 Å². The quantitative estimate of drug-likeness (QED) is 0.580. The van der Waals surface area contributed by atoms with Gasteiger partial charge in [0.25, 0.3) is 5.69 Å². The third-order valence-corrected chi connectivity index (χ3v) is 4.02. The number of non-ortho nitro benzene ring substituents is 1. The van der Waals surface area contributed by atoms with E-state index in [0.29, 0.717) is 23.0 Å². The van der Waals surface area contributed by atoms with Crippen molar-refractivity contribution in [1.29, 1.82) is 0 Å². The number of nitro groups is 1. The average molecular weight is 382 g/mol. The summed E-state index contributed by atoms with van der Waals surface area (Å²) in [5.41, 5.74) is 0.758. The molecule has 0 bridgehead atoms. The van der Waals surface area contributed by atoms with Gasteiger partial charge in [0, 0.05) is 16.1 Å². The highest BCUT2D eigenvalue weighted by molar-refractivity contribution is 9.10. The van der Waals surface area contributed by atoms with Crippen molar-refractivity contribution in [2.24, 2.45) is 0 Å². The van der Waals surface area contributed by atoms with Gasteiger partial charge in [0.15, 0.2) is 23.0 Å². The zero-order valence-corrected chi connectivity index (χ0v) is 13.7. The Bertz CT molecular complexity index is 764. The first-order valence-electron chi connectivity index (χ1n) is 6.61. The molecule has 1 aliphatic rings. The molecule has 2 aromatic rings. The Morgan fingerprint density at radius 2 is 1.96 bits per heavy atom. The third-order valence-electron chi connectivity index (χ3n) is 3.28. The standard InChI is InChI=1S/C15H12BrNO6/c1-20-12-3-2-10(17(18)19)5-14(12)21-7-9-4-13-15(6-11(9)16)23-8-22-13/h2-6H,7-8H2,1H3. The van der Waals surface area contributed by atoms with Crippen molar-refractivity contribution in [3.8, 4) is 23.0 Å². The average Bonchev–Trinajstić information content (AvgIpc) is 2.99. The number of nitrogens with zero attached hydrogens (tertiary/aromatic N) is 1. The summed E-state index contributed by atoms with van der Waals surface area (Å²) in [5.74, 6) is 2.02. The number of rotatable bonds is 5. The van der Waals surface area contributed by atoms with E-state index in [4.69, 9.17) is 18.9 Å². The van der Waals surface area contributed by atoms with Crippen molar-refractivity contribution < 1.29 is 23.9 Å². The van der Waals surface area contributed by atoms with Gasteiger partial charge in [-0.2, -0.15) is 0 Å². The van der Waals surface area contributed by atoms with E-state index in [1.165, 1.54) is 25.3 Å². The zero-order valence-electron chi connectivity index (χ0n) is 12.1. The van der Waals surface area contributed by atoms with Gasteiger partial charge in [-0.05, 0) is 18.2 Å². The summed E-state index contributed by atoms with van der Waals surface area (Å²) in [5, 5.41) is 10.9. The molecule has 2 aromatic carbocycles. The second-order valence-corrected chi connectivity index (χ2v) is 5.53. The number of benzene rings is 2. The van der Waals surface area contributed by atoms with Gasteiger partial charge in [0.1, 0.15) is 6.61 Å². The van der Waals surface area contributed by atoms with E-state index in [9.17, 15) is 10.1 Å². The minimum atomic E-state index is -0.483. The molecule has 0 aliphatic carbocycles. The van der Waals surface area contributed by atoms with Crippen molar-refractivity contribution in [2.75, 3.05) is 13.9 Å². The molecule has 23 heavy (non-hydrogen) atoms. The maximum absolute atomic E-state index is 10.9. The van der Waals surface area contributed by atoms with Crippen LogP contribution in [-0.4, -0.2) is 18.8 Å². The van der Waals surface area contributed by atoms with Gasteiger partial charge >= 0.3 is 0 Å². The van der Waals surface area contributed by atoms with E-state index in [1.807, 2.05) is 0 Å². The minimum Gasteiger partial charge on any atom is -0.493 e. The summed E-state index contributed by atoms with van der Waals surface area (Å²) in [4.78, 5) is 10.4. The highest BCUT2D eigenvalue weighted by Gasteiger charge is 2.18. The van der Waals surface area contributed by atoms with Crippen molar-refractivity contribution in [2.45, 2.75) is 6.61 Å². The summed E-state index contributed by atoms with van der Waals surface area (Å²) in [6, 6.07) is 7.80. The SMILES string of the molecule is COc1ccc([N+](=O)[O-])cc1OCc1cc2c(cc1Br)OCO2. The Balaban J connectivity index is 1.83. The smallest absolute Gasteiger partial charge is 0.273 e. The molecule has 8 heteroatoms. The molecule has 0 N–H and O–H groups in total. The van der Waals surface area contributed by atoms with Crippen LogP contribution in [0.15, 0.2) is 34.8 Å². The Labute approximate surface area is 140 Å². The monoisotopic (exact) mass is 381 g/mol. The van der Waals surface area contributed by atoms with Gasteiger partial charge in [0.2, 0.25) is 6.79 Å². The third kappa shape index (κ3) is 3.16. The fourth-order valence-corrected chi connectivity index (χ4v) is 2.55. The van der Waals surface area contributed by atoms with Crippen LogP contribution in [0.1, 0.15) is 5.56 Å². The lowest BCUT2D eigenvalue weighted by Gasteiger charge is -2.12. The van der Waals surface area contributed by atoms with E-state index < -0.39 is 4.92 Å².